The van der Waals surface area contributed by atoms with Gasteiger partial charge in [0.15, 0.2) is 0 Å². The molecule has 3 aromatic rings. The average molecular weight is 385 g/mol. The number of aromatic nitrogens is 2. The van der Waals surface area contributed by atoms with Gasteiger partial charge in [-0.1, -0.05) is 17.7 Å². The van der Waals surface area contributed by atoms with Crippen LogP contribution < -0.4 is 20.1 Å². The SMILES string of the molecule is COc1cccc(Nc2cc(C)nc(Nc3cc(C)c(Cl)cc3OC)n2)c1. The van der Waals surface area contributed by atoms with Crippen LogP contribution >= 0.6 is 11.6 Å². The van der Waals surface area contributed by atoms with Crippen LogP contribution in [0.15, 0.2) is 42.5 Å². The van der Waals surface area contributed by atoms with Gasteiger partial charge in [0.1, 0.15) is 17.3 Å². The van der Waals surface area contributed by atoms with E-state index in [0.717, 1.165) is 28.4 Å². The van der Waals surface area contributed by atoms with E-state index in [0.29, 0.717) is 22.5 Å². The molecule has 0 aliphatic heterocycles. The normalized spacial score (nSPS) is 10.4. The summed E-state index contributed by atoms with van der Waals surface area (Å²) in [6.45, 7) is 3.84. The third kappa shape index (κ3) is 4.60. The number of nitrogens with one attached hydrogen (secondary N) is 2. The van der Waals surface area contributed by atoms with Gasteiger partial charge in [-0.3, -0.25) is 0 Å². The number of benzene rings is 2. The summed E-state index contributed by atoms with van der Waals surface area (Å²) in [6, 6.07) is 13.2. The maximum absolute atomic E-state index is 6.17. The van der Waals surface area contributed by atoms with Gasteiger partial charge in [0.2, 0.25) is 5.95 Å². The zero-order valence-corrected chi connectivity index (χ0v) is 16.4. The van der Waals surface area contributed by atoms with Gasteiger partial charge in [-0.05, 0) is 37.6 Å². The summed E-state index contributed by atoms with van der Waals surface area (Å²) in [7, 11) is 3.23. The predicted octanol–water partition coefficient (Wildman–Crippen LogP) is 5.25. The van der Waals surface area contributed by atoms with Gasteiger partial charge < -0.3 is 20.1 Å². The Hall–Kier alpha value is -2.99. The summed E-state index contributed by atoms with van der Waals surface area (Å²) in [6.07, 6.45) is 0. The molecule has 0 amide bonds. The Bertz CT molecular complexity index is 963. The second-order valence-corrected chi connectivity index (χ2v) is 6.41. The molecule has 3 rings (SSSR count). The molecule has 0 radical (unpaired) electrons. The van der Waals surface area contributed by atoms with Crippen molar-refractivity contribution in [3.05, 3.63) is 58.7 Å². The summed E-state index contributed by atoms with van der Waals surface area (Å²) >= 11 is 6.17. The molecule has 6 nitrogen and oxygen atoms in total. The van der Waals surface area contributed by atoms with Crippen molar-refractivity contribution in [3.8, 4) is 11.5 Å². The van der Waals surface area contributed by atoms with Crippen molar-refractivity contribution in [3.63, 3.8) is 0 Å². The minimum absolute atomic E-state index is 0.459. The van der Waals surface area contributed by atoms with Gasteiger partial charge in [-0.2, -0.15) is 4.98 Å². The van der Waals surface area contributed by atoms with Gasteiger partial charge in [0.25, 0.3) is 0 Å². The van der Waals surface area contributed by atoms with E-state index in [4.69, 9.17) is 21.1 Å². The number of rotatable bonds is 6. The molecule has 27 heavy (non-hydrogen) atoms. The molecule has 0 bridgehead atoms. The molecule has 2 aromatic carbocycles. The largest absolute Gasteiger partial charge is 0.497 e. The molecule has 140 valence electrons. The average Bonchev–Trinajstić information content (AvgIpc) is 2.64. The highest BCUT2D eigenvalue weighted by Gasteiger charge is 2.10. The second-order valence-electron chi connectivity index (χ2n) is 6.00. The van der Waals surface area contributed by atoms with Crippen LogP contribution in [0, 0.1) is 13.8 Å². The summed E-state index contributed by atoms with van der Waals surface area (Å²) in [5.41, 5.74) is 3.38. The van der Waals surface area contributed by atoms with Crippen LogP contribution in [0.1, 0.15) is 11.3 Å². The topological polar surface area (TPSA) is 68.3 Å². The first-order valence-electron chi connectivity index (χ1n) is 8.36. The van der Waals surface area contributed by atoms with E-state index in [9.17, 15) is 0 Å². The first-order chi connectivity index (χ1) is 13.0. The first kappa shape index (κ1) is 18.8. The van der Waals surface area contributed by atoms with Crippen molar-refractivity contribution in [2.24, 2.45) is 0 Å². The maximum Gasteiger partial charge on any atom is 0.229 e. The second kappa shape index (κ2) is 8.14. The fourth-order valence-electron chi connectivity index (χ4n) is 2.59. The maximum atomic E-state index is 6.17. The zero-order valence-electron chi connectivity index (χ0n) is 15.6. The lowest BCUT2D eigenvalue weighted by Gasteiger charge is -2.14. The number of ether oxygens (including phenoxy) is 2. The van der Waals surface area contributed by atoms with Crippen molar-refractivity contribution in [1.82, 2.24) is 9.97 Å². The minimum Gasteiger partial charge on any atom is -0.497 e. The lowest BCUT2D eigenvalue weighted by atomic mass is 10.2. The van der Waals surface area contributed by atoms with Crippen molar-refractivity contribution in [2.75, 3.05) is 24.9 Å². The molecule has 0 atom stereocenters. The fourth-order valence-corrected chi connectivity index (χ4v) is 2.74. The van der Waals surface area contributed by atoms with Crippen molar-refractivity contribution < 1.29 is 9.47 Å². The van der Waals surface area contributed by atoms with Crippen LogP contribution in [-0.4, -0.2) is 24.2 Å². The third-order valence-corrected chi connectivity index (χ3v) is 4.33. The van der Waals surface area contributed by atoms with Gasteiger partial charge in [0.05, 0.1) is 19.9 Å². The van der Waals surface area contributed by atoms with E-state index in [1.807, 2.05) is 50.2 Å². The molecular formula is C20H21ClN4O2. The highest BCUT2D eigenvalue weighted by Crippen LogP contribution is 2.32. The van der Waals surface area contributed by atoms with E-state index >= 15 is 0 Å². The highest BCUT2D eigenvalue weighted by atomic mass is 35.5. The van der Waals surface area contributed by atoms with Crippen molar-refractivity contribution in [1.29, 1.82) is 0 Å². The Balaban J connectivity index is 1.88. The quantitative estimate of drug-likeness (QED) is 0.604. The molecule has 0 spiro atoms. The Morgan fingerprint density at radius 3 is 2.48 bits per heavy atom. The van der Waals surface area contributed by atoms with Crippen LogP contribution in [0.5, 0.6) is 11.5 Å². The molecule has 0 fully saturated rings. The van der Waals surface area contributed by atoms with Crippen LogP contribution in [0.3, 0.4) is 0 Å². The molecule has 0 aliphatic carbocycles. The fraction of sp³-hybridized carbons (Fsp3) is 0.200. The third-order valence-electron chi connectivity index (χ3n) is 3.92. The van der Waals surface area contributed by atoms with E-state index in [-0.39, 0.29) is 0 Å². The molecule has 1 aromatic heterocycles. The number of halogens is 1. The molecule has 0 unspecified atom stereocenters. The van der Waals surface area contributed by atoms with Crippen molar-refractivity contribution in [2.45, 2.75) is 13.8 Å². The van der Waals surface area contributed by atoms with E-state index in [2.05, 4.69) is 20.6 Å². The number of aryl methyl sites for hydroxylation is 2. The standard InChI is InChI=1S/C20H21ClN4O2/c1-12-8-17(18(27-4)11-16(12)21)24-20-22-13(2)9-19(25-20)23-14-6-5-7-15(10-14)26-3/h5-11H,1-4H3,(H2,22,23,24,25). The van der Waals surface area contributed by atoms with Crippen molar-refractivity contribution >= 4 is 34.7 Å². The summed E-state index contributed by atoms with van der Waals surface area (Å²) in [5, 5.41) is 7.12. The van der Waals surface area contributed by atoms with E-state index in [1.165, 1.54) is 0 Å². The number of anilines is 4. The van der Waals surface area contributed by atoms with Gasteiger partial charge in [-0.15, -0.1) is 0 Å². The Labute approximate surface area is 163 Å². The predicted molar refractivity (Wildman–Crippen MR) is 109 cm³/mol. The monoisotopic (exact) mass is 384 g/mol. The molecule has 0 saturated carbocycles. The van der Waals surface area contributed by atoms with Gasteiger partial charge >= 0.3 is 0 Å². The minimum atomic E-state index is 0.459. The Kier molecular flexibility index (Phi) is 5.66. The summed E-state index contributed by atoms with van der Waals surface area (Å²) < 4.78 is 10.7. The van der Waals surface area contributed by atoms with Crippen LogP contribution in [0.25, 0.3) is 0 Å². The molecule has 7 heteroatoms. The van der Waals surface area contributed by atoms with Crippen LogP contribution in [-0.2, 0) is 0 Å². The molecule has 0 saturated heterocycles. The number of methoxy groups -OCH3 is 2. The molecule has 0 aliphatic rings. The van der Waals surface area contributed by atoms with E-state index in [1.54, 1.807) is 20.3 Å². The Morgan fingerprint density at radius 2 is 1.74 bits per heavy atom. The molecular weight excluding hydrogens is 364 g/mol. The molecule has 1 heterocycles. The number of hydrogen-bond donors (Lipinski definition) is 2. The summed E-state index contributed by atoms with van der Waals surface area (Å²) in [5.74, 6) is 2.52. The lowest BCUT2D eigenvalue weighted by molar-refractivity contribution is 0.415. The zero-order chi connectivity index (χ0) is 19.4. The Morgan fingerprint density at radius 1 is 0.926 bits per heavy atom. The summed E-state index contributed by atoms with van der Waals surface area (Å²) in [4.78, 5) is 9.00. The lowest BCUT2D eigenvalue weighted by Crippen LogP contribution is -2.04. The van der Waals surface area contributed by atoms with Crippen LogP contribution in [0.4, 0.5) is 23.1 Å². The van der Waals surface area contributed by atoms with Gasteiger partial charge in [0, 0.05) is 34.6 Å². The number of hydrogen-bond acceptors (Lipinski definition) is 6. The van der Waals surface area contributed by atoms with Gasteiger partial charge in [-0.25, -0.2) is 4.98 Å². The number of nitrogens with zero attached hydrogens (tertiary/aromatic N) is 2. The first-order valence-corrected chi connectivity index (χ1v) is 8.74. The van der Waals surface area contributed by atoms with Crippen LogP contribution in [0.2, 0.25) is 5.02 Å². The highest BCUT2D eigenvalue weighted by molar-refractivity contribution is 6.31. The molecule has 2 N–H and O–H groups in total. The van der Waals surface area contributed by atoms with E-state index < -0.39 is 0 Å². The smallest absolute Gasteiger partial charge is 0.229 e.